The number of carbonyl (C=O) groups is 1. The van der Waals surface area contributed by atoms with Gasteiger partial charge in [0.1, 0.15) is 5.69 Å². The van der Waals surface area contributed by atoms with Crippen LogP contribution < -0.4 is 0 Å². The summed E-state index contributed by atoms with van der Waals surface area (Å²) < 4.78 is 17.5. The predicted molar refractivity (Wildman–Crippen MR) is 50.5 cm³/mol. The summed E-state index contributed by atoms with van der Waals surface area (Å²) in [5.41, 5.74) is 0.517. The topological polar surface area (TPSA) is 83.6 Å². The van der Waals surface area contributed by atoms with Crippen molar-refractivity contribution in [1.82, 2.24) is 5.16 Å². The van der Waals surface area contributed by atoms with Crippen molar-refractivity contribution in [2.45, 2.75) is 0 Å². The first-order valence-corrected chi connectivity index (χ1v) is 4.27. The Kier molecular flexibility index (Phi) is 2.32. The highest BCUT2D eigenvalue weighted by molar-refractivity contribution is 5.85. The summed E-state index contributed by atoms with van der Waals surface area (Å²) >= 11 is 0. The molecule has 0 saturated heterocycles. The lowest BCUT2D eigenvalue weighted by Crippen LogP contribution is -1.91. The summed E-state index contributed by atoms with van der Waals surface area (Å²) in [6.07, 6.45) is 0. The number of aromatic carboxylic acids is 1. The fourth-order valence-electron chi connectivity index (χ4n) is 1.18. The van der Waals surface area contributed by atoms with E-state index < -0.39 is 17.5 Å². The molecule has 2 N–H and O–H groups in total. The number of aromatic nitrogens is 1. The second-order valence-electron chi connectivity index (χ2n) is 3.05. The zero-order valence-electron chi connectivity index (χ0n) is 7.85. The zero-order valence-corrected chi connectivity index (χ0v) is 7.85. The molecule has 1 aromatic carbocycles. The molecule has 2 rings (SSSR count). The largest absolute Gasteiger partial charge is 0.505 e. The molecule has 0 fully saturated rings. The summed E-state index contributed by atoms with van der Waals surface area (Å²) in [4.78, 5) is 10.5. The third-order valence-corrected chi connectivity index (χ3v) is 1.96. The molecule has 0 spiro atoms. The van der Waals surface area contributed by atoms with E-state index >= 15 is 0 Å². The summed E-state index contributed by atoms with van der Waals surface area (Å²) in [6, 6.07) is 4.77. The third kappa shape index (κ3) is 1.72. The first-order chi connectivity index (χ1) is 7.58. The highest BCUT2D eigenvalue weighted by atomic mass is 19.1. The number of hydrogen-bond acceptors (Lipinski definition) is 4. The lowest BCUT2D eigenvalue weighted by molar-refractivity contribution is 0.0652. The molecule has 1 heterocycles. The second-order valence-corrected chi connectivity index (χ2v) is 3.05. The Labute approximate surface area is 88.7 Å². The van der Waals surface area contributed by atoms with Crippen LogP contribution in [0.5, 0.6) is 5.75 Å². The van der Waals surface area contributed by atoms with Crippen LogP contribution in [0.2, 0.25) is 0 Å². The Morgan fingerprint density at radius 1 is 1.38 bits per heavy atom. The number of phenolic OH excluding ortho intramolecular Hbond substituents is 1. The van der Waals surface area contributed by atoms with Gasteiger partial charge in [0.15, 0.2) is 11.6 Å². The van der Waals surface area contributed by atoms with Crippen molar-refractivity contribution in [2.75, 3.05) is 0 Å². The van der Waals surface area contributed by atoms with Crippen molar-refractivity contribution in [1.29, 1.82) is 0 Å². The maximum Gasteiger partial charge on any atom is 0.374 e. The number of aromatic hydroxyl groups is 1. The second kappa shape index (κ2) is 3.65. The van der Waals surface area contributed by atoms with Gasteiger partial charge in [-0.2, -0.15) is 0 Å². The van der Waals surface area contributed by atoms with Gasteiger partial charge < -0.3 is 14.7 Å². The van der Waals surface area contributed by atoms with Crippen molar-refractivity contribution < 1.29 is 23.9 Å². The summed E-state index contributed by atoms with van der Waals surface area (Å²) in [5.74, 6) is -2.87. The quantitative estimate of drug-likeness (QED) is 0.812. The molecule has 6 heteroatoms. The highest BCUT2D eigenvalue weighted by Gasteiger charge is 2.13. The molecule has 0 atom stereocenters. The van der Waals surface area contributed by atoms with Crippen LogP contribution >= 0.6 is 0 Å². The van der Waals surface area contributed by atoms with Gasteiger partial charge in [0, 0.05) is 11.6 Å². The molecule has 0 aliphatic heterocycles. The van der Waals surface area contributed by atoms with Gasteiger partial charge >= 0.3 is 5.97 Å². The molecule has 0 unspecified atom stereocenters. The van der Waals surface area contributed by atoms with E-state index in [1.54, 1.807) is 0 Å². The number of phenols is 1. The van der Waals surface area contributed by atoms with E-state index in [2.05, 4.69) is 9.68 Å². The summed E-state index contributed by atoms with van der Waals surface area (Å²) in [6.45, 7) is 0. The molecule has 2 aromatic rings. The lowest BCUT2D eigenvalue weighted by atomic mass is 10.1. The van der Waals surface area contributed by atoms with Crippen LogP contribution in [0.25, 0.3) is 11.3 Å². The Hall–Kier alpha value is -2.37. The molecular formula is C10H6FNO4. The minimum Gasteiger partial charge on any atom is -0.505 e. The van der Waals surface area contributed by atoms with Crippen LogP contribution in [0.15, 0.2) is 28.8 Å². The average molecular weight is 223 g/mol. The molecule has 0 radical (unpaired) electrons. The van der Waals surface area contributed by atoms with Crippen LogP contribution in [0, 0.1) is 5.82 Å². The van der Waals surface area contributed by atoms with Crippen LogP contribution in [0.1, 0.15) is 10.6 Å². The number of nitrogens with zero attached hydrogens (tertiary/aromatic N) is 1. The number of halogens is 1. The highest BCUT2D eigenvalue weighted by Crippen LogP contribution is 2.24. The van der Waals surface area contributed by atoms with Gasteiger partial charge in [-0.05, 0) is 18.2 Å². The molecule has 0 aliphatic rings. The van der Waals surface area contributed by atoms with E-state index in [0.29, 0.717) is 5.56 Å². The van der Waals surface area contributed by atoms with Gasteiger partial charge in [0.25, 0.3) is 0 Å². The maximum atomic E-state index is 13.0. The van der Waals surface area contributed by atoms with Gasteiger partial charge in [-0.1, -0.05) is 5.16 Å². The van der Waals surface area contributed by atoms with Gasteiger partial charge in [0.05, 0.1) is 0 Å². The number of carboxylic acid groups (broad SMARTS) is 1. The van der Waals surface area contributed by atoms with Crippen LogP contribution in [0.3, 0.4) is 0 Å². The van der Waals surface area contributed by atoms with Gasteiger partial charge in [-0.25, -0.2) is 9.18 Å². The number of rotatable bonds is 2. The number of hydrogen-bond donors (Lipinski definition) is 2. The molecule has 5 nitrogen and oxygen atoms in total. The normalized spacial score (nSPS) is 10.3. The average Bonchev–Trinajstić information content (AvgIpc) is 2.71. The first-order valence-electron chi connectivity index (χ1n) is 4.27. The Balaban J connectivity index is 2.42. The van der Waals surface area contributed by atoms with E-state index in [1.807, 2.05) is 0 Å². The fourth-order valence-corrected chi connectivity index (χ4v) is 1.18. The first kappa shape index (κ1) is 10.2. The van der Waals surface area contributed by atoms with Crippen LogP contribution in [-0.4, -0.2) is 21.3 Å². The van der Waals surface area contributed by atoms with Gasteiger partial charge in [0.2, 0.25) is 5.76 Å². The molecule has 0 amide bonds. The zero-order chi connectivity index (χ0) is 11.7. The monoisotopic (exact) mass is 223 g/mol. The molecule has 0 bridgehead atoms. The van der Waals surface area contributed by atoms with E-state index in [0.717, 1.165) is 12.1 Å². The molecular weight excluding hydrogens is 217 g/mol. The van der Waals surface area contributed by atoms with Gasteiger partial charge in [-0.15, -0.1) is 0 Å². The number of benzene rings is 1. The Bertz CT molecular complexity index is 550. The smallest absolute Gasteiger partial charge is 0.374 e. The molecule has 0 aliphatic carbocycles. The predicted octanol–water partition coefficient (Wildman–Crippen LogP) is 1.88. The van der Waals surface area contributed by atoms with Crippen LogP contribution in [0.4, 0.5) is 4.39 Å². The van der Waals surface area contributed by atoms with Crippen molar-refractivity contribution in [3.63, 3.8) is 0 Å². The van der Waals surface area contributed by atoms with E-state index in [4.69, 9.17) is 10.2 Å². The molecule has 82 valence electrons. The molecule has 0 saturated carbocycles. The molecule has 16 heavy (non-hydrogen) atoms. The van der Waals surface area contributed by atoms with Crippen molar-refractivity contribution in [3.8, 4) is 17.0 Å². The maximum absolute atomic E-state index is 13.0. The minimum absolute atomic E-state index is 0.191. The Morgan fingerprint density at radius 2 is 2.12 bits per heavy atom. The Morgan fingerprint density at radius 3 is 2.69 bits per heavy atom. The minimum atomic E-state index is -1.25. The third-order valence-electron chi connectivity index (χ3n) is 1.96. The SMILES string of the molecule is O=C(O)c1cc(-c2ccc(O)c(F)c2)no1. The van der Waals surface area contributed by atoms with E-state index in [-0.39, 0.29) is 11.5 Å². The summed E-state index contributed by atoms with van der Waals surface area (Å²) in [7, 11) is 0. The van der Waals surface area contributed by atoms with Crippen LogP contribution in [-0.2, 0) is 0 Å². The standard InChI is InChI=1S/C10H6FNO4/c11-6-3-5(1-2-8(6)13)7-4-9(10(14)15)16-12-7/h1-4,13H,(H,14,15). The number of carboxylic acids is 1. The van der Waals surface area contributed by atoms with Crippen molar-refractivity contribution >= 4 is 5.97 Å². The van der Waals surface area contributed by atoms with Crippen molar-refractivity contribution in [3.05, 3.63) is 35.8 Å². The summed E-state index contributed by atoms with van der Waals surface area (Å²) in [5, 5.41) is 21.0. The van der Waals surface area contributed by atoms with Gasteiger partial charge in [-0.3, -0.25) is 0 Å². The molecule has 1 aromatic heterocycles. The fraction of sp³-hybridized carbons (Fsp3) is 0. The van der Waals surface area contributed by atoms with E-state index in [1.165, 1.54) is 12.1 Å². The lowest BCUT2D eigenvalue weighted by Gasteiger charge is -1.97. The van der Waals surface area contributed by atoms with Crippen molar-refractivity contribution in [2.24, 2.45) is 0 Å². The van der Waals surface area contributed by atoms with E-state index in [9.17, 15) is 9.18 Å².